The van der Waals surface area contributed by atoms with Gasteiger partial charge in [-0.05, 0) is 19.5 Å². The molecule has 0 aliphatic carbocycles. The number of hydrogen-bond donors (Lipinski definition) is 2. The van der Waals surface area contributed by atoms with Crippen LogP contribution in [0.5, 0.6) is 0 Å². The van der Waals surface area contributed by atoms with Crippen molar-refractivity contribution < 1.29 is 14.7 Å². The number of carbonyl (C=O) groups is 2. The second kappa shape index (κ2) is 7.73. The van der Waals surface area contributed by atoms with Crippen molar-refractivity contribution in [2.24, 2.45) is 5.92 Å². The van der Waals surface area contributed by atoms with Crippen LogP contribution in [0.4, 0.5) is 4.79 Å². The third kappa shape index (κ3) is 4.28. The van der Waals surface area contributed by atoms with Crippen molar-refractivity contribution >= 4 is 23.8 Å². The largest absolute Gasteiger partial charge is 0.480 e. The Morgan fingerprint density at radius 1 is 1.50 bits per heavy atom. The quantitative estimate of drug-likeness (QED) is 0.769. The first-order valence-electron chi connectivity index (χ1n) is 6.97. The van der Waals surface area contributed by atoms with Crippen LogP contribution in [0, 0.1) is 5.92 Å². The minimum Gasteiger partial charge on any atom is -0.480 e. The number of hydrogen-bond acceptors (Lipinski definition) is 4. The summed E-state index contributed by atoms with van der Waals surface area (Å²) in [7, 11) is 1.98. The molecule has 20 heavy (non-hydrogen) atoms. The zero-order valence-corrected chi connectivity index (χ0v) is 13.4. The van der Waals surface area contributed by atoms with Crippen LogP contribution in [-0.2, 0) is 4.79 Å². The SMILES string of the molecule is CCN(C)CCNC(=O)N1C(C(=O)O)CSC1C(C)C. The topological polar surface area (TPSA) is 72.9 Å². The molecule has 1 aliphatic heterocycles. The van der Waals surface area contributed by atoms with Crippen LogP contribution >= 0.6 is 11.8 Å². The Balaban J connectivity index is 2.62. The van der Waals surface area contributed by atoms with Gasteiger partial charge in [0, 0.05) is 18.8 Å². The first-order chi connectivity index (χ1) is 9.38. The Kier molecular flexibility index (Phi) is 6.61. The molecule has 0 radical (unpaired) electrons. The highest BCUT2D eigenvalue weighted by molar-refractivity contribution is 8.00. The molecule has 2 N–H and O–H groups in total. The number of aliphatic carboxylic acids is 1. The first-order valence-corrected chi connectivity index (χ1v) is 8.02. The molecular formula is C13H25N3O3S. The summed E-state index contributed by atoms with van der Waals surface area (Å²) in [5.74, 6) is -0.240. The van der Waals surface area contributed by atoms with Gasteiger partial charge in [-0.2, -0.15) is 0 Å². The third-order valence-corrected chi connectivity index (χ3v) is 5.06. The van der Waals surface area contributed by atoms with E-state index >= 15 is 0 Å². The van der Waals surface area contributed by atoms with E-state index in [1.165, 1.54) is 4.90 Å². The minimum atomic E-state index is -0.929. The molecule has 6 nitrogen and oxygen atoms in total. The smallest absolute Gasteiger partial charge is 0.327 e. The molecule has 2 atom stereocenters. The van der Waals surface area contributed by atoms with E-state index in [4.69, 9.17) is 0 Å². The van der Waals surface area contributed by atoms with Crippen molar-refractivity contribution in [1.82, 2.24) is 15.1 Å². The predicted octanol–water partition coefficient (Wildman–Crippen LogP) is 1.13. The van der Waals surface area contributed by atoms with E-state index in [0.717, 1.165) is 13.1 Å². The number of rotatable bonds is 6. The Labute approximate surface area is 124 Å². The number of carbonyl (C=O) groups excluding carboxylic acids is 1. The Morgan fingerprint density at radius 3 is 2.65 bits per heavy atom. The van der Waals surface area contributed by atoms with Crippen LogP contribution in [0.2, 0.25) is 0 Å². The lowest BCUT2D eigenvalue weighted by atomic mass is 10.2. The Hall–Kier alpha value is -0.950. The maximum absolute atomic E-state index is 12.3. The van der Waals surface area contributed by atoms with Crippen LogP contribution < -0.4 is 5.32 Å². The zero-order valence-electron chi connectivity index (χ0n) is 12.6. The van der Waals surface area contributed by atoms with Crippen molar-refractivity contribution in [2.45, 2.75) is 32.2 Å². The van der Waals surface area contributed by atoms with Crippen LogP contribution in [0.3, 0.4) is 0 Å². The second-order valence-electron chi connectivity index (χ2n) is 5.36. The molecule has 7 heteroatoms. The van der Waals surface area contributed by atoms with E-state index < -0.39 is 12.0 Å². The van der Waals surface area contributed by atoms with Gasteiger partial charge in [0.05, 0.1) is 5.37 Å². The molecule has 0 saturated carbocycles. The molecule has 0 aromatic heterocycles. The fourth-order valence-corrected chi connectivity index (χ4v) is 3.56. The number of thioether (sulfide) groups is 1. The maximum Gasteiger partial charge on any atom is 0.327 e. The monoisotopic (exact) mass is 303 g/mol. The lowest BCUT2D eigenvalue weighted by molar-refractivity contribution is -0.141. The van der Waals surface area contributed by atoms with E-state index in [1.807, 2.05) is 27.8 Å². The summed E-state index contributed by atoms with van der Waals surface area (Å²) in [6, 6.07) is -0.998. The lowest BCUT2D eigenvalue weighted by Gasteiger charge is -2.30. The normalized spacial score (nSPS) is 22.6. The van der Waals surface area contributed by atoms with Gasteiger partial charge >= 0.3 is 12.0 Å². The third-order valence-electron chi connectivity index (χ3n) is 3.43. The summed E-state index contributed by atoms with van der Waals surface area (Å²) in [4.78, 5) is 27.1. The van der Waals surface area contributed by atoms with Gasteiger partial charge < -0.3 is 15.3 Å². The fourth-order valence-electron chi connectivity index (χ4n) is 2.09. The average molecular weight is 303 g/mol. The summed E-state index contributed by atoms with van der Waals surface area (Å²) in [5, 5.41) is 12.0. The van der Waals surface area contributed by atoms with Gasteiger partial charge in [-0.15, -0.1) is 11.8 Å². The molecule has 0 aromatic carbocycles. The summed E-state index contributed by atoms with van der Waals surface area (Å²) >= 11 is 1.54. The molecule has 1 fully saturated rings. The zero-order chi connectivity index (χ0) is 15.3. The van der Waals surface area contributed by atoms with Crippen LogP contribution in [0.15, 0.2) is 0 Å². The first kappa shape index (κ1) is 17.1. The molecule has 0 aromatic rings. The molecular weight excluding hydrogens is 278 g/mol. The summed E-state index contributed by atoms with van der Waals surface area (Å²) in [6.07, 6.45) is 0. The summed E-state index contributed by atoms with van der Waals surface area (Å²) in [6.45, 7) is 8.27. The molecule has 1 aliphatic rings. The summed E-state index contributed by atoms with van der Waals surface area (Å²) < 4.78 is 0. The Morgan fingerprint density at radius 2 is 2.15 bits per heavy atom. The van der Waals surface area contributed by atoms with Gasteiger partial charge in [-0.25, -0.2) is 9.59 Å². The van der Waals surface area contributed by atoms with Crippen molar-refractivity contribution in [2.75, 3.05) is 32.4 Å². The molecule has 0 bridgehead atoms. The number of nitrogens with one attached hydrogen (secondary N) is 1. The molecule has 0 spiro atoms. The number of carboxylic acid groups (broad SMARTS) is 1. The predicted molar refractivity (Wildman–Crippen MR) is 80.9 cm³/mol. The van der Waals surface area contributed by atoms with Gasteiger partial charge in [-0.3, -0.25) is 4.90 Å². The average Bonchev–Trinajstić information content (AvgIpc) is 2.83. The van der Waals surface area contributed by atoms with E-state index in [2.05, 4.69) is 10.2 Å². The van der Waals surface area contributed by atoms with Crippen LogP contribution in [0.25, 0.3) is 0 Å². The molecule has 116 valence electrons. The van der Waals surface area contributed by atoms with Crippen LogP contribution in [-0.4, -0.2) is 70.8 Å². The number of nitrogens with zero attached hydrogens (tertiary/aromatic N) is 2. The van der Waals surface area contributed by atoms with Crippen molar-refractivity contribution in [3.05, 3.63) is 0 Å². The molecule has 1 rings (SSSR count). The molecule has 1 saturated heterocycles. The number of urea groups is 1. The fraction of sp³-hybridized carbons (Fsp3) is 0.846. The van der Waals surface area contributed by atoms with Gasteiger partial charge in [0.2, 0.25) is 0 Å². The standard InChI is InChI=1S/C13H25N3O3S/c1-5-15(4)7-6-14-13(19)16-10(12(17)18)8-20-11(16)9(2)3/h9-11H,5-8H2,1-4H3,(H,14,19)(H,17,18). The van der Waals surface area contributed by atoms with Gasteiger partial charge in [0.1, 0.15) is 6.04 Å². The van der Waals surface area contributed by atoms with Gasteiger partial charge in [0.15, 0.2) is 0 Å². The van der Waals surface area contributed by atoms with E-state index in [9.17, 15) is 14.7 Å². The van der Waals surface area contributed by atoms with Crippen molar-refractivity contribution in [3.8, 4) is 0 Å². The maximum atomic E-state index is 12.3. The Bertz CT molecular complexity index is 352. The highest BCUT2D eigenvalue weighted by atomic mass is 32.2. The highest BCUT2D eigenvalue weighted by Crippen LogP contribution is 2.33. The molecule has 2 unspecified atom stereocenters. The number of amides is 2. The molecule has 1 heterocycles. The molecule has 2 amide bonds. The summed E-state index contributed by atoms with van der Waals surface area (Å²) in [5.41, 5.74) is 0. The van der Waals surface area contributed by atoms with Crippen molar-refractivity contribution in [1.29, 1.82) is 0 Å². The second-order valence-corrected chi connectivity index (χ2v) is 6.51. The van der Waals surface area contributed by atoms with Gasteiger partial charge in [0.25, 0.3) is 0 Å². The number of likely N-dealkylation sites (N-methyl/N-ethyl adjacent to an activating group) is 1. The van der Waals surface area contributed by atoms with E-state index in [1.54, 1.807) is 11.8 Å². The van der Waals surface area contributed by atoms with E-state index in [0.29, 0.717) is 12.3 Å². The minimum absolute atomic E-state index is 0.0694. The van der Waals surface area contributed by atoms with Gasteiger partial charge in [-0.1, -0.05) is 20.8 Å². The lowest BCUT2D eigenvalue weighted by Crippen LogP contribution is -2.52. The van der Waals surface area contributed by atoms with Crippen LogP contribution in [0.1, 0.15) is 20.8 Å². The number of carboxylic acids is 1. The highest BCUT2D eigenvalue weighted by Gasteiger charge is 2.42. The van der Waals surface area contributed by atoms with Crippen molar-refractivity contribution in [3.63, 3.8) is 0 Å². The van der Waals surface area contributed by atoms with E-state index in [-0.39, 0.29) is 17.3 Å².